The number of fused-ring (bicyclic) bond motifs is 1. The van der Waals surface area contributed by atoms with Gasteiger partial charge in [0.25, 0.3) is 5.56 Å². The number of hydrogen-bond acceptors (Lipinski definition) is 6. The maximum Gasteiger partial charge on any atom is 0.416 e. The number of ether oxygens (including phenoxy) is 1. The summed E-state index contributed by atoms with van der Waals surface area (Å²) < 4.78 is 64.0. The van der Waals surface area contributed by atoms with E-state index in [1.807, 2.05) is 17.0 Å². The Bertz CT molecular complexity index is 1700. The third kappa shape index (κ3) is 4.42. The van der Waals surface area contributed by atoms with E-state index in [0.29, 0.717) is 30.7 Å². The molecule has 4 aromatic rings. The average molecular weight is 539 g/mol. The molecule has 0 radical (unpaired) electrons. The number of aromatic nitrogens is 6. The van der Waals surface area contributed by atoms with Crippen LogP contribution in [0.3, 0.4) is 0 Å². The highest BCUT2D eigenvalue weighted by molar-refractivity contribution is 5.92. The summed E-state index contributed by atoms with van der Waals surface area (Å²) in [5, 5.41) is 8.84. The highest BCUT2D eigenvalue weighted by atomic mass is 19.4. The molecule has 7 rings (SSSR count). The van der Waals surface area contributed by atoms with Gasteiger partial charge in [0, 0.05) is 17.3 Å². The van der Waals surface area contributed by atoms with Gasteiger partial charge in [-0.2, -0.15) is 23.4 Å². The van der Waals surface area contributed by atoms with Crippen molar-refractivity contribution in [2.75, 3.05) is 6.61 Å². The lowest BCUT2D eigenvalue weighted by atomic mass is 10.0. The van der Waals surface area contributed by atoms with Gasteiger partial charge in [-0.15, -0.1) is 0 Å². The fourth-order valence-corrected chi connectivity index (χ4v) is 4.87. The van der Waals surface area contributed by atoms with E-state index in [1.165, 1.54) is 10.9 Å². The third-order valence-corrected chi connectivity index (χ3v) is 7.29. The number of nitrogens with zero attached hydrogens (tertiary/aromatic N) is 6. The molecule has 0 amide bonds. The van der Waals surface area contributed by atoms with Gasteiger partial charge < -0.3 is 4.74 Å². The minimum Gasteiger partial charge on any atom is -0.369 e. The van der Waals surface area contributed by atoms with Crippen molar-refractivity contribution in [1.82, 2.24) is 29.5 Å². The first-order valence-corrected chi connectivity index (χ1v) is 12.8. The molecular formula is C27H22F4N6O2. The normalized spacial score (nSPS) is 19.9. The van der Waals surface area contributed by atoms with Crippen LogP contribution in [-0.2, 0) is 10.9 Å². The Morgan fingerprint density at radius 1 is 1.00 bits per heavy atom. The van der Waals surface area contributed by atoms with E-state index in [9.17, 15) is 18.0 Å². The summed E-state index contributed by atoms with van der Waals surface area (Å²) in [5.41, 5.74) is -0.109. The van der Waals surface area contributed by atoms with Crippen molar-refractivity contribution in [2.24, 2.45) is 0 Å². The lowest BCUT2D eigenvalue weighted by molar-refractivity contribution is -0.137. The largest absolute Gasteiger partial charge is 0.416 e. The maximum absolute atomic E-state index is 15.1. The Hall–Kier alpha value is -3.93. The molecule has 0 saturated heterocycles. The van der Waals surface area contributed by atoms with Crippen LogP contribution in [0, 0.1) is 5.82 Å². The molecule has 0 unspecified atom stereocenters. The molecule has 2 saturated carbocycles. The summed E-state index contributed by atoms with van der Waals surface area (Å²) in [6, 6.07) is 2.65. The van der Waals surface area contributed by atoms with E-state index in [1.54, 1.807) is 6.20 Å². The third-order valence-electron chi connectivity index (χ3n) is 7.29. The highest BCUT2D eigenvalue weighted by Gasteiger charge is 2.33. The second-order valence-electron chi connectivity index (χ2n) is 10.2. The summed E-state index contributed by atoms with van der Waals surface area (Å²) >= 11 is 0. The molecule has 3 aliphatic rings. The smallest absolute Gasteiger partial charge is 0.369 e. The maximum atomic E-state index is 15.1. The van der Waals surface area contributed by atoms with Crippen molar-refractivity contribution in [3.05, 3.63) is 76.0 Å². The van der Waals surface area contributed by atoms with Gasteiger partial charge in [0.15, 0.2) is 5.82 Å². The molecule has 39 heavy (non-hydrogen) atoms. The molecule has 1 aromatic carbocycles. The quantitative estimate of drug-likeness (QED) is 0.315. The fraction of sp³-hybridized carbons (Fsp3) is 0.370. The van der Waals surface area contributed by atoms with E-state index >= 15 is 4.39 Å². The van der Waals surface area contributed by atoms with Gasteiger partial charge in [0.1, 0.15) is 17.4 Å². The van der Waals surface area contributed by atoms with Crippen LogP contribution in [-0.4, -0.2) is 36.1 Å². The van der Waals surface area contributed by atoms with Crippen LogP contribution in [0.2, 0.25) is 0 Å². The van der Waals surface area contributed by atoms with Gasteiger partial charge >= 0.3 is 6.18 Å². The Balaban J connectivity index is 1.37. The summed E-state index contributed by atoms with van der Waals surface area (Å²) in [6.07, 6.45) is 6.09. The summed E-state index contributed by atoms with van der Waals surface area (Å²) in [5.74, 6) is -0.904. The van der Waals surface area contributed by atoms with Gasteiger partial charge in [0.2, 0.25) is 0 Å². The van der Waals surface area contributed by atoms with Gasteiger partial charge in [-0.05, 0) is 62.0 Å². The first kappa shape index (κ1) is 24.1. The van der Waals surface area contributed by atoms with Crippen LogP contribution in [0.4, 0.5) is 17.6 Å². The summed E-state index contributed by atoms with van der Waals surface area (Å²) in [7, 11) is 0. The van der Waals surface area contributed by atoms with Crippen LogP contribution in [0.1, 0.15) is 67.2 Å². The molecule has 1 atom stereocenters. The molecule has 2 aliphatic carbocycles. The summed E-state index contributed by atoms with van der Waals surface area (Å²) in [6.45, 7) is 0.360. The topological polar surface area (TPSA) is 87.7 Å². The SMILES string of the molecule is O=c1c2nc(C3=C[C@H](c4cnn(C5CC5)c4)OCC3)nc(-c3ccc(C(F)(F)F)cc3F)c2cnn1C1CC1. The predicted octanol–water partition coefficient (Wildman–Crippen LogP) is 5.42. The van der Waals surface area contributed by atoms with Crippen LogP contribution in [0.15, 0.2) is 47.7 Å². The highest BCUT2D eigenvalue weighted by Crippen LogP contribution is 2.38. The average Bonchev–Trinajstić information content (AvgIpc) is 3.87. The fourth-order valence-electron chi connectivity index (χ4n) is 4.87. The van der Waals surface area contributed by atoms with Gasteiger partial charge in [-0.3, -0.25) is 9.48 Å². The second-order valence-corrected chi connectivity index (χ2v) is 10.2. The Morgan fingerprint density at radius 2 is 1.79 bits per heavy atom. The predicted molar refractivity (Wildman–Crippen MR) is 132 cm³/mol. The van der Waals surface area contributed by atoms with Gasteiger partial charge in [0.05, 0.1) is 47.7 Å². The van der Waals surface area contributed by atoms with E-state index in [2.05, 4.69) is 20.2 Å². The minimum absolute atomic E-state index is 0.0132. The molecule has 3 aromatic heterocycles. The molecule has 1 aliphatic heterocycles. The van der Waals surface area contributed by atoms with Gasteiger partial charge in [-0.25, -0.2) is 19.0 Å². The van der Waals surface area contributed by atoms with Crippen molar-refractivity contribution in [1.29, 1.82) is 0 Å². The molecule has 12 heteroatoms. The van der Waals surface area contributed by atoms with Gasteiger partial charge in [-0.1, -0.05) is 0 Å². The molecule has 8 nitrogen and oxygen atoms in total. The van der Waals surface area contributed by atoms with Crippen LogP contribution < -0.4 is 5.56 Å². The molecule has 0 N–H and O–H groups in total. The molecule has 2 fully saturated rings. The van der Waals surface area contributed by atoms with Crippen LogP contribution in [0.25, 0.3) is 27.7 Å². The van der Waals surface area contributed by atoms with Crippen molar-refractivity contribution >= 4 is 16.5 Å². The standard InChI is InChI=1S/C27H22F4N6O2/c28-21-10-16(27(29,30)31)1-6-19(21)23-20-12-33-37(18-4-5-18)26(38)24(20)35-25(34-23)14-7-8-39-22(9-14)15-11-32-36(13-15)17-2-3-17/h1,6,9-13,17-18,22H,2-5,7-8H2/t22-/m1/s1. The monoisotopic (exact) mass is 538 g/mol. The van der Waals surface area contributed by atoms with E-state index in [0.717, 1.165) is 43.4 Å². The van der Waals surface area contributed by atoms with Crippen molar-refractivity contribution in [3.63, 3.8) is 0 Å². The number of halogens is 4. The van der Waals surface area contributed by atoms with E-state index in [-0.39, 0.29) is 34.0 Å². The molecule has 200 valence electrons. The number of rotatable bonds is 5. The number of alkyl halides is 3. The zero-order valence-corrected chi connectivity index (χ0v) is 20.5. The lowest BCUT2D eigenvalue weighted by Gasteiger charge is -2.21. The number of hydrogen-bond donors (Lipinski definition) is 0. The van der Waals surface area contributed by atoms with Crippen LogP contribution >= 0.6 is 0 Å². The Labute approximate surface area is 219 Å². The molecule has 0 spiro atoms. The first-order chi connectivity index (χ1) is 18.8. The molecule has 0 bridgehead atoms. The Morgan fingerprint density at radius 3 is 2.51 bits per heavy atom. The molecular weight excluding hydrogens is 516 g/mol. The van der Waals surface area contributed by atoms with Crippen LogP contribution in [0.5, 0.6) is 0 Å². The number of benzene rings is 1. The Kier molecular flexibility index (Phi) is 5.45. The van der Waals surface area contributed by atoms with Crippen molar-refractivity contribution < 1.29 is 22.3 Å². The van der Waals surface area contributed by atoms with E-state index in [4.69, 9.17) is 4.74 Å². The second kappa shape index (κ2) is 8.80. The lowest BCUT2D eigenvalue weighted by Crippen LogP contribution is -2.23. The van der Waals surface area contributed by atoms with E-state index < -0.39 is 29.2 Å². The minimum atomic E-state index is -4.70. The van der Waals surface area contributed by atoms with Crippen molar-refractivity contribution in [3.8, 4) is 11.3 Å². The first-order valence-electron chi connectivity index (χ1n) is 12.8. The van der Waals surface area contributed by atoms with Crippen molar-refractivity contribution in [2.45, 2.75) is 56.5 Å². The molecule has 4 heterocycles. The summed E-state index contributed by atoms with van der Waals surface area (Å²) in [4.78, 5) is 22.5. The zero-order chi connectivity index (χ0) is 26.9. The zero-order valence-electron chi connectivity index (χ0n) is 20.5.